The second kappa shape index (κ2) is 4.90. The highest BCUT2D eigenvalue weighted by molar-refractivity contribution is 4.96. The molecule has 1 rings (SSSR count). The first-order valence-corrected chi connectivity index (χ1v) is 4.16. The number of aliphatic hydroxyl groups is 1. The Morgan fingerprint density at radius 3 is 3.17 bits per heavy atom. The Morgan fingerprint density at radius 1 is 1.75 bits per heavy atom. The predicted molar refractivity (Wildman–Crippen MR) is 46.6 cm³/mol. The van der Waals surface area contributed by atoms with E-state index in [-0.39, 0.29) is 6.10 Å². The third-order valence-corrected chi connectivity index (χ3v) is 1.61. The third-order valence-electron chi connectivity index (χ3n) is 1.61. The molecular formula is C8H15N3O. The highest BCUT2D eigenvalue weighted by atomic mass is 16.3. The fourth-order valence-corrected chi connectivity index (χ4v) is 0.917. The highest BCUT2D eigenvalue weighted by Crippen LogP contribution is 1.91. The molecule has 0 saturated carbocycles. The topological polar surface area (TPSA) is 60.9 Å². The number of aromatic amines is 1. The third kappa shape index (κ3) is 3.50. The maximum absolute atomic E-state index is 8.95. The van der Waals surface area contributed by atoms with Crippen LogP contribution in [0.4, 0.5) is 0 Å². The molecule has 1 atom stereocenters. The number of nitrogens with one attached hydrogen (secondary N) is 2. The summed E-state index contributed by atoms with van der Waals surface area (Å²) in [5, 5.41) is 18.8. The number of rotatable bonds is 5. The predicted octanol–water partition coefficient (Wildman–Crippen LogP) is 0.270. The van der Waals surface area contributed by atoms with Gasteiger partial charge < -0.3 is 10.4 Å². The Balaban J connectivity index is 2.04. The summed E-state index contributed by atoms with van der Waals surface area (Å²) in [7, 11) is 0. The summed E-state index contributed by atoms with van der Waals surface area (Å²) in [5.41, 5.74) is 1.07. The maximum Gasteiger partial charge on any atom is 0.0524 e. The molecule has 0 bridgehead atoms. The fourth-order valence-electron chi connectivity index (χ4n) is 0.917. The summed E-state index contributed by atoms with van der Waals surface area (Å²) in [6.45, 7) is 3.40. The molecule has 0 aliphatic heterocycles. The molecule has 1 aromatic rings. The summed E-state index contributed by atoms with van der Waals surface area (Å²) in [6, 6.07) is 1.93. The van der Waals surface area contributed by atoms with E-state index in [2.05, 4.69) is 15.5 Å². The van der Waals surface area contributed by atoms with Crippen molar-refractivity contribution in [2.24, 2.45) is 0 Å². The molecule has 4 nitrogen and oxygen atoms in total. The van der Waals surface area contributed by atoms with Crippen LogP contribution in [0.15, 0.2) is 12.3 Å². The fraction of sp³-hybridized carbons (Fsp3) is 0.625. The van der Waals surface area contributed by atoms with Crippen molar-refractivity contribution in [2.75, 3.05) is 6.54 Å². The summed E-state index contributed by atoms with van der Waals surface area (Å²) >= 11 is 0. The Labute approximate surface area is 72.0 Å². The van der Waals surface area contributed by atoms with Gasteiger partial charge in [-0.25, -0.2) is 0 Å². The van der Waals surface area contributed by atoms with Gasteiger partial charge in [0.2, 0.25) is 0 Å². The van der Waals surface area contributed by atoms with Crippen LogP contribution in [0.3, 0.4) is 0 Å². The van der Waals surface area contributed by atoms with Gasteiger partial charge >= 0.3 is 0 Å². The van der Waals surface area contributed by atoms with Gasteiger partial charge in [0.1, 0.15) is 0 Å². The molecule has 0 amide bonds. The first-order chi connectivity index (χ1) is 5.79. The smallest absolute Gasteiger partial charge is 0.0524 e. The second-order valence-electron chi connectivity index (χ2n) is 2.90. The van der Waals surface area contributed by atoms with Crippen molar-refractivity contribution in [2.45, 2.75) is 26.0 Å². The lowest BCUT2D eigenvalue weighted by Crippen LogP contribution is -2.18. The number of aliphatic hydroxyl groups excluding tert-OH is 1. The Bertz CT molecular complexity index is 196. The quantitative estimate of drug-likeness (QED) is 0.554. The molecule has 1 aromatic heterocycles. The van der Waals surface area contributed by atoms with Crippen molar-refractivity contribution < 1.29 is 5.11 Å². The first-order valence-electron chi connectivity index (χ1n) is 4.16. The van der Waals surface area contributed by atoms with Gasteiger partial charge in [-0.2, -0.15) is 5.10 Å². The number of aromatic nitrogens is 2. The van der Waals surface area contributed by atoms with Crippen molar-refractivity contribution >= 4 is 0 Å². The van der Waals surface area contributed by atoms with Gasteiger partial charge in [0, 0.05) is 18.4 Å². The minimum atomic E-state index is -0.223. The molecule has 0 radical (unpaired) electrons. The van der Waals surface area contributed by atoms with Crippen molar-refractivity contribution in [3.8, 4) is 0 Å². The van der Waals surface area contributed by atoms with Gasteiger partial charge in [-0.3, -0.25) is 5.10 Å². The molecule has 0 aliphatic carbocycles. The van der Waals surface area contributed by atoms with Gasteiger partial charge in [0.25, 0.3) is 0 Å². The first kappa shape index (κ1) is 9.22. The summed E-state index contributed by atoms with van der Waals surface area (Å²) < 4.78 is 0. The van der Waals surface area contributed by atoms with Crippen LogP contribution in [0, 0.1) is 0 Å². The molecule has 0 fully saturated rings. The van der Waals surface area contributed by atoms with E-state index in [1.807, 2.05) is 6.07 Å². The highest BCUT2D eigenvalue weighted by Gasteiger charge is 1.95. The number of nitrogens with zero attached hydrogens (tertiary/aromatic N) is 1. The lowest BCUT2D eigenvalue weighted by atomic mass is 10.3. The molecule has 0 aromatic carbocycles. The molecule has 0 spiro atoms. The molecule has 4 heteroatoms. The lowest BCUT2D eigenvalue weighted by Gasteiger charge is -2.04. The molecule has 1 unspecified atom stereocenters. The molecular weight excluding hydrogens is 154 g/mol. The van der Waals surface area contributed by atoms with Crippen LogP contribution in [-0.2, 0) is 6.54 Å². The van der Waals surface area contributed by atoms with Gasteiger partial charge in [-0.05, 0) is 26.0 Å². The van der Waals surface area contributed by atoms with Crippen LogP contribution in [0.25, 0.3) is 0 Å². The average molecular weight is 169 g/mol. The van der Waals surface area contributed by atoms with E-state index in [0.29, 0.717) is 0 Å². The van der Waals surface area contributed by atoms with Crippen molar-refractivity contribution in [1.29, 1.82) is 0 Å². The summed E-state index contributed by atoms with van der Waals surface area (Å²) in [4.78, 5) is 0. The van der Waals surface area contributed by atoms with E-state index in [9.17, 15) is 0 Å². The largest absolute Gasteiger partial charge is 0.393 e. The van der Waals surface area contributed by atoms with Crippen LogP contribution in [0.5, 0.6) is 0 Å². The molecule has 1 heterocycles. The summed E-state index contributed by atoms with van der Waals surface area (Å²) in [6.07, 6.45) is 2.29. The SMILES string of the molecule is CC(O)CCNCc1ccn[nH]1. The van der Waals surface area contributed by atoms with Crippen LogP contribution in [0.1, 0.15) is 19.0 Å². The molecule has 0 aliphatic rings. The van der Waals surface area contributed by atoms with E-state index in [1.54, 1.807) is 13.1 Å². The van der Waals surface area contributed by atoms with Gasteiger partial charge in [-0.1, -0.05) is 0 Å². The lowest BCUT2D eigenvalue weighted by molar-refractivity contribution is 0.183. The van der Waals surface area contributed by atoms with E-state index in [1.165, 1.54) is 0 Å². The Morgan fingerprint density at radius 2 is 2.58 bits per heavy atom. The van der Waals surface area contributed by atoms with E-state index in [0.717, 1.165) is 25.2 Å². The van der Waals surface area contributed by atoms with Gasteiger partial charge in [-0.15, -0.1) is 0 Å². The van der Waals surface area contributed by atoms with Crippen LogP contribution >= 0.6 is 0 Å². The molecule has 3 N–H and O–H groups in total. The minimum absolute atomic E-state index is 0.223. The Kier molecular flexibility index (Phi) is 3.76. The zero-order valence-electron chi connectivity index (χ0n) is 7.25. The zero-order valence-corrected chi connectivity index (χ0v) is 7.25. The van der Waals surface area contributed by atoms with Crippen LogP contribution in [0.2, 0.25) is 0 Å². The van der Waals surface area contributed by atoms with Crippen molar-refractivity contribution in [3.63, 3.8) is 0 Å². The molecule has 68 valence electrons. The van der Waals surface area contributed by atoms with Gasteiger partial charge in [0.15, 0.2) is 0 Å². The van der Waals surface area contributed by atoms with Crippen molar-refractivity contribution in [1.82, 2.24) is 15.5 Å². The van der Waals surface area contributed by atoms with Crippen LogP contribution in [-0.4, -0.2) is 28.0 Å². The van der Waals surface area contributed by atoms with E-state index in [4.69, 9.17) is 5.11 Å². The van der Waals surface area contributed by atoms with Crippen LogP contribution < -0.4 is 5.32 Å². The van der Waals surface area contributed by atoms with Crippen molar-refractivity contribution in [3.05, 3.63) is 18.0 Å². The molecule has 12 heavy (non-hydrogen) atoms. The molecule has 0 saturated heterocycles. The van der Waals surface area contributed by atoms with E-state index >= 15 is 0 Å². The monoisotopic (exact) mass is 169 g/mol. The van der Waals surface area contributed by atoms with E-state index < -0.39 is 0 Å². The minimum Gasteiger partial charge on any atom is -0.393 e. The summed E-state index contributed by atoms with van der Waals surface area (Å²) in [5.74, 6) is 0. The normalized spacial score (nSPS) is 13.2. The standard InChI is InChI=1S/C8H15N3O/c1-7(12)2-4-9-6-8-3-5-10-11-8/h3,5,7,9,12H,2,4,6H2,1H3,(H,10,11). The number of hydrogen-bond acceptors (Lipinski definition) is 3. The second-order valence-corrected chi connectivity index (χ2v) is 2.90. The van der Waals surface area contributed by atoms with Gasteiger partial charge in [0.05, 0.1) is 6.10 Å². The maximum atomic E-state index is 8.95. The zero-order chi connectivity index (χ0) is 8.81. The Hall–Kier alpha value is -0.870. The number of hydrogen-bond donors (Lipinski definition) is 3. The average Bonchev–Trinajstić information content (AvgIpc) is 2.49. The number of H-pyrrole nitrogens is 1.